The Balaban J connectivity index is 2.55. The summed E-state index contributed by atoms with van der Waals surface area (Å²) in [6.07, 6.45) is 1.17. The minimum atomic E-state index is 0.527. The smallest absolute Gasteiger partial charge is 0.188 e. The number of hydrogen-bond donors (Lipinski definition) is 1. The van der Waals surface area contributed by atoms with Gasteiger partial charge in [-0.05, 0) is 38.8 Å². The highest BCUT2D eigenvalue weighted by Gasteiger charge is 2.13. The Bertz CT molecular complexity index is 346. The molecule has 0 radical (unpaired) electrons. The summed E-state index contributed by atoms with van der Waals surface area (Å²) in [6, 6.07) is 2.54. The summed E-state index contributed by atoms with van der Waals surface area (Å²) in [5.74, 6) is 1.66. The summed E-state index contributed by atoms with van der Waals surface area (Å²) >= 11 is 1.75. The molecule has 0 fully saturated rings. The molecule has 0 bridgehead atoms. The van der Waals surface area contributed by atoms with Gasteiger partial charge in [0.2, 0.25) is 0 Å². The van der Waals surface area contributed by atoms with E-state index in [1.165, 1.54) is 6.42 Å². The molecule has 0 amide bonds. The monoisotopic (exact) mass is 267 g/mol. The van der Waals surface area contributed by atoms with Crippen LogP contribution in [0.3, 0.4) is 0 Å². The van der Waals surface area contributed by atoms with Crippen LogP contribution < -0.4 is 5.32 Å². The summed E-state index contributed by atoms with van der Waals surface area (Å²) in [6.45, 7) is 11.8. The summed E-state index contributed by atoms with van der Waals surface area (Å²) in [4.78, 5) is 8.94. The first-order valence-corrected chi connectivity index (χ1v) is 7.70. The van der Waals surface area contributed by atoms with Gasteiger partial charge in [-0.3, -0.25) is 0 Å². The maximum atomic E-state index is 4.47. The van der Waals surface area contributed by atoms with E-state index in [9.17, 15) is 0 Å². The van der Waals surface area contributed by atoms with E-state index in [1.807, 2.05) is 19.9 Å². The fraction of sp³-hybridized carbons (Fsp3) is 0.714. The molecular weight excluding hydrogens is 242 g/mol. The Labute approximate surface area is 115 Å². The lowest BCUT2D eigenvalue weighted by molar-refractivity contribution is 0.433. The van der Waals surface area contributed by atoms with Crippen LogP contribution in [0.4, 0.5) is 0 Å². The Kier molecular flexibility index (Phi) is 6.65. The van der Waals surface area contributed by atoms with Crippen LogP contribution in [0.15, 0.2) is 11.2 Å². The van der Waals surface area contributed by atoms with Crippen LogP contribution in [-0.2, 0) is 0 Å². The standard InChI is InChI=1S/C14H25N3S/c1-6-7-15-13(10(2)3)9-18-14-16-11(4)8-12(5)17-14/h8,10,13,15H,6-7,9H2,1-5H3. The molecule has 1 aromatic rings. The average Bonchev–Trinajstić information content (AvgIpc) is 2.27. The van der Waals surface area contributed by atoms with Crippen LogP contribution >= 0.6 is 11.8 Å². The van der Waals surface area contributed by atoms with Gasteiger partial charge in [-0.2, -0.15) is 0 Å². The van der Waals surface area contributed by atoms with Gasteiger partial charge in [-0.1, -0.05) is 32.5 Å². The van der Waals surface area contributed by atoms with E-state index in [4.69, 9.17) is 0 Å². The molecule has 1 unspecified atom stereocenters. The van der Waals surface area contributed by atoms with E-state index in [-0.39, 0.29) is 0 Å². The lowest BCUT2D eigenvalue weighted by Crippen LogP contribution is -2.36. The number of hydrogen-bond acceptors (Lipinski definition) is 4. The Morgan fingerprint density at radius 3 is 2.33 bits per heavy atom. The van der Waals surface area contributed by atoms with E-state index >= 15 is 0 Å². The summed E-state index contributed by atoms with van der Waals surface area (Å²) in [5, 5.41) is 4.49. The molecule has 0 spiro atoms. The van der Waals surface area contributed by atoms with Crippen molar-refractivity contribution in [2.24, 2.45) is 5.92 Å². The number of nitrogens with one attached hydrogen (secondary N) is 1. The molecule has 0 saturated heterocycles. The van der Waals surface area contributed by atoms with E-state index < -0.39 is 0 Å². The van der Waals surface area contributed by atoms with E-state index in [0.717, 1.165) is 28.8 Å². The third-order valence-electron chi connectivity index (χ3n) is 2.82. The molecule has 0 aliphatic rings. The molecule has 0 saturated carbocycles. The second-order valence-corrected chi connectivity index (χ2v) is 6.04. The van der Waals surface area contributed by atoms with Crippen LogP contribution in [-0.4, -0.2) is 28.3 Å². The zero-order valence-electron chi connectivity index (χ0n) is 12.2. The molecule has 1 heterocycles. The lowest BCUT2D eigenvalue weighted by atomic mass is 10.1. The van der Waals surface area contributed by atoms with Crippen molar-refractivity contribution >= 4 is 11.8 Å². The van der Waals surface area contributed by atoms with E-state index in [0.29, 0.717) is 12.0 Å². The normalized spacial score (nSPS) is 13.0. The van der Waals surface area contributed by atoms with Gasteiger partial charge < -0.3 is 5.32 Å². The third kappa shape index (κ3) is 5.36. The first kappa shape index (κ1) is 15.4. The van der Waals surface area contributed by atoms with E-state index in [1.54, 1.807) is 11.8 Å². The molecule has 1 atom stereocenters. The van der Waals surface area contributed by atoms with Gasteiger partial charge in [0.05, 0.1) is 0 Å². The van der Waals surface area contributed by atoms with Crippen molar-refractivity contribution in [2.45, 2.75) is 52.2 Å². The van der Waals surface area contributed by atoms with Crippen LogP contribution in [0, 0.1) is 19.8 Å². The van der Waals surface area contributed by atoms with Crippen molar-refractivity contribution in [1.29, 1.82) is 0 Å². The second-order valence-electron chi connectivity index (χ2n) is 5.05. The topological polar surface area (TPSA) is 37.8 Å². The minimum absolute atomic E-state index is 0.527. The van der Waals surface area contributed by atoms with Crippen LogP contribution in [0.25, 0.3) is 0 Å². The molecular formula is C14H25N3S. The molecule has 0 aliphatic carbocycles. The first-order valence-electron chi connectivity index (χ1n) is 6.71. The molecule has 102 valence electrons. The maximum absolute atomic E-state index is 4.47. The number of aromatic nitrogens is 2. The molecule has 4 heteroatoms. The highest BCUT2D eigenvalue weighted by molar-refractivity contribution is 7.99. The van der Waals surface area contributed by atoms with Crippen molar-refractivity contribution in [3.05, 3.63) is 17.5 Å². The van der Waals surface area contributed by atoms with Gasteiger partial charge in [0.1, 0.15) is 0 Å². The van der Waals surface area contributed by atoms with Gasteiger partial charge in [0, 0.05) is 23.2 Å². The first-order chi connectivity index (χ1) is 8.52. The molecule has 0 aliphatic heterocycles. The zero-order chi connectivity index (χ0) is 13.5. The number of nitrogens with zero attached hydrogens (tertiary/aromatic N) is 2. The Morgan fingerprint density at radius 2 is 1.83 bits per heavy atom. The number of thioether (sulfide) groups is 1. The molecule has 1 aromatic heterocycles. The van der Waals surface area contributed by atoms with Crippen molar-refractivity contribution < 1.29 is 0 Å². The van der Waals surface area contributed by atoms with E-state index in [2.05, 4.69) is 36.1 Å². The lowest BCUT2D eigenvalue weighted by Gasteiger charge is -2.21. The van der Waals surface area contributed by atoms with Gasteiger partial charge in [0.25, 0.3) is 0 Å². The van der Waals surface area contributed by atoms with Crippen molar-refractivity contribution in [1.82, 2.24) is 15.3 Å². The fourth-order valence-electron chi connectivity index (χ4n) is 1.74. The van der Waals surface area contributed by atoms with Gasteiger partial charge in [-0.15, -0.1) is 0 Å². The predicted octanol–water partition coefficient (Wildman–Crippen LogP) is 3.21. The van der Waals surface area contributed by atoms with Crippen molar-refractivity contribution in [3.8, 4) is 0 Å². The minimum Gasteiger partial charge on any atom is -0.313 e. The van der Waals surface area contributed by atoms with Crippen LogP contribution in [0.2, 0.25) is 0 Å². The second kappa shape index (κ2) is 7.74. The van der Waals surface area contributed by atoms with Gasteiger partial charge >= 0.3 is 0 Å². The SMILES string of the molecule is CCCNC(CSc1nc(C)cc(C)n1)C(C)C. The summed E-state index contributed by atoms with van der Waals surface area (Å²) < 4.78 is 0. The molecule has 3 nitrogen and oxygen atoms in total. The van der Waals surface area contributed by atoms with Crippen LogP contribution in [0.1, 0.15) is 38.6 Å². The molecule has 1 N–H and O–H groups in total. The highest BCUT2D eigenvalue weighted by Crippen LogP contribution is 2.18. The molecule has 1 rings (SSSR count). The van der Waals surface area contributed by atoms with Crippen molar-refractivity contribution in [2.75, 3.05) is 12.3 Å². The third-order valence-corrected chi connectivity index (χ3v) is 3.78. The quantitative estimate of drug-likeness (QED) is 0.608. The largest absolute Gasteiger partial charge is 0.313 e. The molecule has 18 heavy (non-hydrogen) atoms. The summed E-state index contributed by atoms with van der Waals surface area (Å²) in [7, 11) is 0. The Morgan fingerprint density at radius 1 is 1.22 bits per heavy atom. The zero-order valence-corrected chi connectivity index (χ0v) is 13.0. The molecule has 0 aromatic carbocycles. The van der Waals surface area contributed by atoms with Gasteiger partial charge in [-0.25, -0.2) is 9.97 Å². The summed E-state index contributed by atoms with van der Waals surface area (Å²) in [5.41, 5.74) is 2.10. The Hall–Kier alpha value is -0.610. The highest BCUT2D eigenvalue weighted by atomic mass is 32.2. The maximum Gasteiger partial charge on any atom is 0.188 e. The van der Waals surface area contributed by atoms with Crippen molar-refractivity contribution in [3.63, 3.8) is 0 Å². The number of rotatable bonds is 7. The average molecular weight is 267 g/mol. The predicted molar refractivity (Wildman–Crippen MR) is 79.1 cm³/mol. The van der Waals surface area contributed by atoms with Crippen LogP contribution in [0.5, 0.6) is 0 Å². The number of aryl methyl sites for hydroxylation is 2. The fourth-order valence-corrected chi connectivity index (χ4v) is 2.99. The van der Waals surface area contributed by atoms with Gasteiger partial charge in [0.15, 0.2) is 5.16 Å².